The van der Waals surface area contributed by atoms with Crippen molar-refractivity contribution in [1.29, 1.82) is 0 Å². The normalized spacial score (nSPS) is 12.6. The fraction of sp³-hybridized carbons (Fsp3) is 0.257. The molecule has 0 heterocycles. The number of benzene rings is 4. The number of amides is 2. The molecule has 0 unspecified atom stereocenters. The summed E-state index contributed by atoms with van der Waals surface area (Å²) in [5.74, 6) is -0.918. The number of nitrogens with one attached hydrogen (secondary N) is 1. The first-order chi connectivity index (χ1) is 21.5. The standard InChI is InChI=1S/C35H37Cl2N3O4S/c1-4-26(3)38-35(42)33(21-27-13-7-5-8-14-27)39(23-28-15-11-12-18-31(28)37)34(41)24-40(32-22-29(36)20-19-25(32)2)45(43,44)30-16-9-6-10-17-30/h5-20,22,26,33H,4,21,23-24H2,1-3H3,(H,38,42)/t26-,33+/m1/s1. The van der Waals surface area contributed by atoms with Crippen LogP contribution in [0.3, 0.4) is 0 Å². The van der Waals surface area contributed by atoms with Gasteiger partial charge in [0.05, 0.1) is 10.6 Å². The van der Waals surface area contributed by atoms with Crippen molar-refractivity contribution in [3.05, 3.63) is 130 Å². The van der Waals surface area contributed by atoms with Gasteiger partial charge in [-0.3, -0.25) is 13.9 Å². The third-order valence-corrected chi connectivity index (χ3v) is 10.00. The zero-order valence-corrected chi connectivity index (χ0v) is 27.8. The van der Waals surface area contributed by atoms with E-state index in [9.17, 15) is 18.0 Å². The molecule has 10 heteroatoms. The van der Waals surface area contributed by atoms with Crippen molar-refractivity contribution in [3.8, 4) is 0 Å². The summed E-state index contributed by atoms with van der Waals surface area (Å²) in [7, 11) is -4.23. The maximum absolute atomic E-state index is 14.6. The second-order valence-electron chi connectivity index (χ2n) is 10.9. The Morgan fingerprint density at radius 1 is 0.867 bits per heavy atom. The van der Waals surface area contributed by atoms with Gasteiger partial charge in [0, 0.05) is 29.1 Å². The number of nitrogens with zero attached hydrogens (tertiary/aromatic N) is 2. The van der Waals surface area contributed by atoms with E-state index in [1.807, 2.05) is 44.2 Å². The van der Waals surface area contributed by atoms with Crippen LogP contribution >= 0.6 is 23.2 Å². The first kappa shape index (κ1) is 34.0. The zero-order chi connectivity index (χ0) is 32.6. The number of carbonyl (C=O) groups is 2. The molecular weight excluding hydrogens is 629 g/mol. The lowest BCUT2D eigenvalue weighted by molar-refractivity contribution is -0.140. The highest BCUT2D eigenvalue weighted by molar-refractivity contribution is 7.92. The van der Waals surface area contributed by atoms with Gasteiger partial charge in [-0.1, -0.05) is 103 Å². The minimum Gasteiger partial charge on any atom is -0.352 e. The van der Waals surface area contributed by atoms with E-state index in [1.165, 1.54) is 23.1 Å². The number of sulfonamides is 1. The Kier molecular flexibility index (Phi) is 11.7. The van der Waals surface area contributed by atoms with Gasteiger partial charge >= 0.3 is 0 Å². The van der Waals surface area contributed by atoms with E-state index in [-0.39, 0.29) is 35.5 Å². The zero-order valence-electron chi connectivity index (χ0n) is 25.5. The van der Waals surface area contributed by atoms with Gasteiger partial charge in [-0.05, 0) is 67.3 Å². The number of aryl methyl sites for hydroxylation is 1. The van der Waals surface area contributed by atoms with Crippen molar-refractivity contribution < 1.29 is 18.0 Å². The number of hydrogen-bond donors (Lipinski definition) is 1. The molecule has 0 fully saturated rings. The van der Waals surface area contributed by atoms with Crippen LogP contribution in [0.25, 0.3) is 0 Å². The Bertz CT molecular complexity index is 1720. The lowest BCUT2D eigenvalue weighted by Crippen LogP contribution is -2.54. The number of halogens is 2. The highest BCUT2D eigenvalue weighted by Gasteiger charge is 2.35. The maximum atomic E-state index is 14.6. The molecular formula is C35H37Cl2N3O4S. The predicted molar refractivity (Wildman–Crippen MR) is 181 cm³/mol. The molecule has 7 nitrogen and oxygen atoms in total. The first-order valence-corrected chi connectivity index (χ1v) is 16.9. The van der Waals surface area contributed by atoms with E-state index >= 15 is 0 Å². The molecule has 4 aromatic carbocycles. The third-order valence-electron chi connectivity index (χ3n) is 7.62. The molecule has 0 radical (unpaired) electrons. The molecule has 0 aliphatic heterocycles. The van der Waals surface area contributed by atoms with Gasteiger partial charge in [0.15, 0.2) is 0 Å². The first-order valence-electron chi connectivity index (χ1n) is 14.7. The van der Waals surface area contributed by atoms with Crippen molar-refractivity contribution in [3.63, 3.8) is 0 Å². The molecule has 236 valence electrons. The average molecular weight is 667 g/mol. The van der Waals surface area contributed by atoms with Gasteiger partial charge in [-0.2, -0.15) is 0 Å². The second-order valence-corrected chi connectivity index (χ2v) is 13.6. The van der Waals surface area contributed by atoms with Crippen molar-refractivity contribution in [1.82, 2.24) is 10.2 Å². The lowest BCUT2D eigenvalue weighted by atomic mass is 10.0. The molecule has 0 saturated carbocycles. The summed E-state index contributed by atoms with van der Waals surface area (Å²) in [6.07, 6.45) is 0.903. The molecule has 2 atom stereocenters. The van der Waals surface area contributed by atoms with E-state index in [2.05, 4.69) is 5.32 Å². The van der Waals surface area contributed by atoms with Crippen molar-refractivity contribution in [2.75, 3.05) is 10.8 Å². The Labute approximate surface area is 275 Å². The second kappa shape index (κ2) is 15.4. The number of carbonyl (C=O) groups excluding carboxylic acids is 2. The fourth-order valence-electron chi connectivity index (χ4n) is 4.89. The summed E-state index contributed by atoms with van der Waals surface area (Å²) in [5, 5.41) is 3.77. The number of rotatable bonds is 13. The quantitative estimate of drug-likeness (QED) is 0.166. The highest BCUT2D eigenvalue weighted by atomic mass is 35.5. The molecule has 0 saturated heterocycles. The fourth-order valence-corrected chi connectivity index (χ4v) is 6.74. The molecule has 0 aromatic heterocycles. The van der Waals surface area contributed by atoms with Crippen LogP contribution in [0, 0.1) is 6.92 Å². The summed E-state index contributed by atoms with van der Waals surface area (Å²) in [5.41, 5.74) is 2.34. The summed E-state index contributed by atoms with van der Waals surface area (Å²) < 4.78 is 29.4. The molecule has 1 N–H and O–H groups in total. The van der Waals surface area contributed by atoms with Crippen LogP contribution in [0.15, 0.2) is 108 Å². The summed E-state index contributed by atoms with van der Waals surface area (Å²) >= 11 is 12.9. The van der Waals surface area contributed by atoms with Crippen LogP contribution in [0.4, 0.5) is 5.69 Å². The van der Waals surface area contributed by atoms with Crippen LogP contribution in [-0.2, 0) is 32.6 Å². The van der Waals surface area contributed by atoms with Gasteiger partial charge in [0.25, 0.3) is 10.0 Å². The average Bonchev–Trinajstić information content (AvgIpc) is 3.04. The topological polar surface area (TPSA) is 86.8 Å². The molecule has 0 aliphatic rings. The summed E-state index contributed by atoms with van der Waals surface area (Å²) in [6.45, 7) is 5.02. The van der Waals surface area contributed by atoms with Gasteiger partial charge < -0.3 is 10.2 Å². The van der Waals surface area contributed by atoms with Gasteiger partial charge in [-0.15, -0.1) is 0 Å². The van der Waals surface area contributed by atoms with E-state index in [0.717, 1.165) is 9.87 Å². The van der Waals surface area contributed by atoms with Crippen molar-refractivity contribution in [2.24, 2.45) is 0 Å². The molecule has 2 amide bonds. The van der Waals surface area contributed by atoms with Crippen LogP contribution in [0.2, 0.25) is 10.0 Å². The molecule has 0 aliphatic carbocycles. The predicted octanol–water partition coefficient (Wildman–Crippen LogP) is 7.05. The Morgan fingerprint density at radius 3 is 2.13 bits per heavy atom. The van der Waals surface area contributed by atoms with Crippen LogP contribution in [0.1, 0.15) is 37.0 Å². The van der Waals surface area contributed by atoms with Crippen molar-refractivity contribution in [2.45, 2.75) is 57.1 Å². The van der Waals surface area contributed by atoms with Crippen LogP contribution < -0.4 is 9.62 Å². The SMILES string of the molecule is CC[C@@H](C)NC(=O)[C@H](Cc1ccccc1)N(Cc1ccccc1Cl)C(=O)CN(c1cc(Cl)ccc1C)S(=O)(=O)c1ccccc1. The molecule has 4 rings (SSSR count). The minimum atomic E-state index is -4.23. The smallest absolute Gasteiger partial charge is 0.264 e. The van der Waals surface area contributed by atoms with E-state index in [1.54, 1.807) is 61.5 Å². The molecule has 45 heavy (non-hydrogen) atoms. The lowest BCUT2D eigenvalue weighted by Gasteiger charge is -2.34. The Balaban J connectivity index is 1.84. The van der Waals surface area contributed by atoms with E-state index < -0.39 is 28.5 Å². The molecule has 0 spiro atoms. The van der Waals surface area contributed by atoms with Gasteiger partial charge in [-0.25, -0.2) is 8.42 Å². The van der Waals surface area contributed by atoms with E-state index in [4.69, 9.17) is 23.2 Å². The molecule has 4 aromatic rings. The summed E-state index contributed by atoms with van der Waals surface area (Å²) in [6, 6.07) is 28.2. The van der Waals surface area contributed by atoms with Crippen LogP contribution in [0.5, 0.6) is 0 Å². The number of hydrogen-bond acceptors (Lipinski definition) is 4. The third kappa shape index (κ3) is 8.66. The van der Waals surface area contributed by atoms with Gasteiger partial charge in [0.1, 0.15) is 12.6 Å². The highest BCUT2D eigenvalue weighted by Crippen LogP contribution is 2.30. The monoisotopic (exact) mass is 665 g/mol. The van der Waals surface area contributed by atoms with E-state index in [0.29, 0.717) is 27.6 Å². The van der Waals surface area contributed by atoms with Crippen molar-refractivity contribution >= 4 is 50.7 Å². The van der Waals surface area contributed by atoms with Gasteiger partial charge in [0.2, 0.25) is 11.8 Å². The maximum Gasteiger partial charge on any atom is 0.264 e. The summed E-state index contributed by atoms with van der Waals surface area (Å²) in [4.78, 5) is 29.9. The largest absolute Gasteiger partial charge is 0.352 e. The Hall–Kier alpha value is -3.85. The Morgan fingerprint density at radius 2 is 1.49 bits per heavy atom. The molecule has 0 bridgehead atoms. The minimum absolute atomic E-state index is 0.0162. The van der Waals surface area contributed by atoms with Crippen LogP contribution in [-0.4, -0.2) is 43.8 Å². The number of anilines is 1.